The smallest absolute Gasteiger partial charge is 0.351 e. The average molecular weight is 266 g/mol. The van der Waals surface area contributed by atoms with Gasteiger partial charge in [0, 0.05) is 6.54 Å². The molecule has 7 heteroatoms. The molecule has 0 radical (unpaired) electrons. The van der Waals surface area contributed by atoms with Crippen LogP contribution in [0.1, 0.15) is 11.1 Å². The summed E-state index contributed by atoms with van der Waals surface area (Å²) in [7, 11) is 0. The largest absolute Gasteiger partial charge is 0.401 e. The van der Waals surface area contributed by atoms with Gasteiger partial charge in [0.1, 0.15) is 0 Å². The summed E-state index contributed by atoms with van der Waals surface area (Å²) in [5.74, 6) is -0.445. The van der Waals surface area contributed by atoms with Gasteiger partial charge in [-0.3, -0.25) is 4.79 Å². The minimum absolute atomic E-state index is 0.331. The summed E-state index contributed by atoms with van der Waals surface area (Å²) in [5.41, 5.74) is 2.05. The molecule has 1 aromatic heterocycles. The highest BCUT2D eigenvalue weighted by molar-refractivity contribution is 7.08. The maximum absolute atomic E-state index is 11.8. The van der Waals surface area contributed by atoms with Crippen LogP contribution in [0.15, 0.2) is 10.8 Å². The molecule has 0 spiro atoms. The molecule has 0 aromatic carbocycles. The third kappa shape index (κ3) is 5.69. The zero-order valence-electron chi connectivity index (χ0n) is 9.23. The molecule has 1 rings (SSSR count). The maximum atomic E-state index is 11.8. The topological polar surface area (TPSA) is 41.1 Å². The average Bonchev–Trinajstić information content (AvgIpc) is 2.59. The molecule has 17 heavy (non-hydrogen) atoms. The van der Waals surface area contributed by atoms with E-state index in [0.29, 0.717) is 6.54 Å². The van der Waals surface area contributed by atoms with Gasteiger partial charge in [-0.25, -0.2) is 0 Å². The fourth-order valence-corrected chi connectivity index (χ4v) is 2.00. The molecule has 0 saturated heterocycles. The van der Waals surface area contributed by atoms with Crippen LogP contribution in [0.3, 0.4) is 0 Å². The molecule has 0 aliphatic heterocycles. The van der Waals surface area contributed by atoms with Gasteiger partial charge < -0.3 is 10.6 Å². The van der Waals surface area contributed by atoms with Gasteiger partial charge in [0.25, 0.3) is 0 Å². The van der Waals surface area contributed by atoms with Crippen molar-refractivity contribution in [3.05, 3.63) is 21.9 Å². The number of nitrogens with one attached hydrogen (secondary N) is 2. The van der Waals surface area contributed by atoms with Crippen molar-refractivity contribution in [2.45, 2.75) is 19.6 Å². The predicted octanol–water partition coefficient (Wildman–Crippen LogP) is 1.82. The molecular weight excluding hydrogens is 253 g/mol. The summed E-state index contributed by atoms with van der Waals surface area (Å²) in [5, 5.41) is 8.43. The van der Waals surface area contributed by atoms with E-state index in [9.17, 15) is 18.0 Å². The number of carbonyl (C=O) groups excluding carboxylic acids is 1. The molecule has 0 aliphatic carbocycles. The molecule has 0 unspecified atom stereocenters. The monoisotopic (exact) mass is 266 g/mol. The van der Waals surface area contributed by atoms with Crippen LogP contribution in [0.25, 0.3) is 0 Å². The Labute approximate surface area is 101 Å². The zero-order valence-corrected chi connectivity index (χ0v) is 10.0. The van der Waals surface area contributed by atoms with Crippen molar-refractivity contribution in [2.75, 3.05) is 13.1 Å². The van der Waals surface area contributed by atoms with E-state index in [1.165, 1.54) is 11.3 Å². The molecule has 0 aliphatic rings. The lowest BCUT2D eigenvalue weighted by Crippen LogP contribution is -2.38. The summed E-state index contributed by atoms with van der Waals surface area (Å²) in [4.78, 5) is 11.2. The number of alkyl halides is 3. The van der Waals surface area contributed by atoms with Crippen LogP contribution in [-0.2, 0) is 11.3 Å². The van der Waals surface area contributed by atoms with E-state index in [-0.39, 0.29) is 6.54 Å². The fraction of sp³-hybridized carbons (Fsp3) is 0.500. The van der Waals surface area contributed by atoms with Crippen LogP contribution in [0.5, 0.6) is 0 Å². The first-order chi connectivity index (χ1) is 7.88. The Balaban J connectivity index is 2.20. The normalized spacial score (nSPS) is 11.5. The van der Waals surface area contributed by atoms with Crippen molar-refractivity contribution in [2.24, 2.45) is 0 Å². The fourth-order valence-electron chi connectivity index (χ4n) is 1.14. The molecule has 1 heterocycles. The maximum Gasteiger partial charge on any atom is 0.401 e. The number of carbonyl (C=O) groups is 1. The summed E-state index contributed by atoms with van der Waals surface area (Å²) < 4.78 is 35.3. The molecular formula is C10H13F3N2OS. The molecule has 96 valence electrons. The van der Waals surface area contributed by atoms with Gasteiger partial charge >= 0.3 is 6.18 Å². The second-order valence-electron chi connectivity index (χ2n) is 3.58. The van der Waals surface area contributed by atoms with Crippen molar-refractivity contribution in [3.8, 4) is 0 Å². The first-order valence-electron chi connectivity index (χ1n) is 4.94. The van der Waals surface area contributed by atoms with E-state index >= 15 is 0 Å². The standard InChI is InChI=1S/C10H13F3N2OS/c1-7-4-17-5-8(7)2-15-9(16)3-14-6-10(11,12)13/h4-5,14H,2-3,6H2,1H3,(H,15,16). The summed E-state index contributed by atoms with van der Waals surface area (Å²) in [6.07, 6.45) is -4.29. The molecule has 0 bridgehead atoms. The molecule has 0 saturated carbocycles. The van der Waals surface area contributed by atoms with Crippen LogP contribution in [0.2, 0.25) is 0 Å². The van der Waals surface area contributed by atoms with E-state index in [4.69, 9.17) is 0 Å². The van der Waals surface area contributed by atoms with Gasteiger partial charge in [0.2, 0.25) is 5.91 Å². The third-order valence-corrected chi connectivity index (χ3v) is 2.96. The number of amides is 1. The van der Waals surface area contributed by atoms with E-state index in [1.54, 1.807) is 0 Å². The highest BCUT2D eigenvalue weighted by Gasteiger charge is 2.26. The molecule has 2 N–H and O–H groups in total. The van der Waals surface area contributed by atoms with Gasteiger partial charge in [0.15, 0.2) is 0 Å². The Bertz CT molecular complexity index is 376. The van der Waals surface area contributed by atoms with Gasteiger partial charge in [0.05, 0.1) is 13.1 Å². The SMILES string of the molecule is Cc1cscc1CNC(=O)CNCC(F)(F)F. The van der Waals surface area contributed by atoms with E-state index in [2.05, 4.69) is 5.32 Å². The summed E-state index contributed by atoms with van der Waals surface area (Å²) in [6, 6.07) is 0. The number of hydrogen-bond donors (Lipinski definition) is 2. The number of halogens is 3. The van der Waals surface area contributed by atoms with Gasteiger partial charge in [-0.05, 0) is 28.8 Å². The Kier molecular flexibility index (Phi) is 4.95. The van der Waals surface area contributed by atoms with Crippen molar-refractivity contribution >= 4 is 17.2 Å². The Hall–Kier alpha value is -1.08. The molecule has 3 nitrogen and oxygen atoms in total. The number of aryl methyl sites for hydroxylation is 1. The van der Waals surface area contributed by atoms with Gasteiger partial charge in [-0.1, -0.05) is 0 Å². The first kappa shape index (κ1) is 14.0. The van der Waals surface area contributed by atoms with Crippen LogP contribution >= 0.6 is 11.3 Å². The Morgan fingerprint density at radius 3 is 2.65 bits per heavy atom. The van der Waals surface area contributed by atoms with Crippen molar-refractivity contribution < 1.29 is 18.0 Å². The van der Waals surface area contributed by atoms with Crippen LogP contribution in [0.4, 0.5) is 13.2 Å². The molecule has 1 amide bonds. The lowest BCUT2D eigenvalue weighted by Gasteiger charge is -2.08. The van der Waals surface area contributed by atoms with Crippen molar-refractivity contribution in [1.82, 2.24) is 10.6 Å². The predicted molar refractivity (Wildman–Crippen MR) is 59.8 cm³/mol. The Morgan fingerprint density at radius 2 is 2.12 bits per heavy atom. The molecule has 1 aromatic rings. The Morgan fingerprint density at radius 1 is 1.41 bits per heavy atom. The lowest BCUT2D eigenvalue weighted by molar-refractivity contribution is -0.128. The van der Waals surface area contributed by atoms with Gasteiger partial charge in [-0.15, -0.1) is 0 Å². The number of thiophene rings is 1. The van der Waals surface area contributed by atoms with E-state index in [1.807, 2.05) is 23.0 Å². The van der Waals surface area contributed by atoms with Crippen molar-refractivity contribution in [3.63, 3.8) is 0 Å². The van der Waals surface area contributed by atoms with E-state index in [0.717, 1.165) is 11.1 Å². The summed E-state index contributed by atoms with van der Waals surface area (Å²) >= 11 is 1.52. The second kappa shape index (κ2) is 6.02. The highest BCUT2D eigenvalue weighted by Crippen LogP contribution is 2.13. The third-order valence-electron chi connectivity index (χ3n) is 2.05. The molecule has 0 atom stereocenters. The van der Waals surface area contributed by atoms with Crippen LogP contribution < -0.4 is 10.6 Å². The summed E-state index contributed by atoms with van der Waals surface area (Å²) in [6.45, 7) is 0.780. The zero-order chi connectivity index (χ0) is 12.9. The highest BCUT2D eigenvalue weighted by atomic mass is 32.1. The second-order valence-corrected chi connectivity index (χ2v) is 4.32. The van der Waals surface area contributed by atoms with Gasteiger partial charge in [-0.2, -0.15) is 24.5 Å². The first-order valence-corrected chi connectivity index (χ1v) is 5.88. The minimum atomic E-state index is -4.29. The quantitative estimate of drug-likeness (QED) is 0.853. The lowest BCUT2D eigenvalue weighted by atomic mass is 10.2. The van der Waals surface area contributed by atoms with Crippen LogP contribution in [0, 0.1) is 6.92 Å². The van der Waals surface area contributed by atoms with Crippen molar-refractivity contribution in [1.29, 1.82) is 0 Å². The number of rotatable bonds is 5. The minimum Gasteiger partial charge on any atom is -0.351 e. The molecule has 0 fully saturated rings. The van der Waals surface area contributed by atoms with E-state index < -0.39 is 18.6 Å². The number of hydrogen-bond acceptors (Lipinski definition) is 3. The van der Waals surface area contributed by atoms with Crippen LogP contribution in [-0.4, -0.2) is 25.2 Å².